The molecule has 6 heteroatoms. The number of unbranched alkanes of at least 4 members (excludes halogenated alkanes) is 29. The molecule has 0 heterocycles. The number of carbonyl (C=O) groups is 3. The van der Waals surface area contributed by atoms with E-state index in [0.717, 1.165) is 75.5 Å². The van der Waals surface area contributed by atoms with Gasteiger partial charge in [0.1, 0.15) is 13.2 Å². The van der Waals surface area contributed by atoms with E-state index in [-0.39, 0.29) is 31.1 Å². The zero-order chi connectivity index (χ0) is 43.4. The van der Waals surface area contributed by atoms with Crippen LogP contribution in [0.5, 0.6) is 0 Å². The van der Waals surface area contributed by atoms with Crippen molar-refractivity contribution in [1.29, 1.82) is 0 Å². The van der Waals surface area contributed by atoms with Crippen LogP contribution in [0.15, 0.2) is 0 Å². The first-order valence-electron chi connectivity index (χ1n) is 26.1. The van der Waals surface area contributed by atoms with E-state index < -0.39 is 6.10 Å². The van der Waals surface area contributed by atoms with Gasteiger partial charge in [0.25, 0.3) is 0 Å². The van der Waals surface area contributed by atoms with Crippen LogP contribution in [0.4, 0.5) is 0 Å². The molecule has 0 aliphatic rings. The van der Waals surface area contributed by atoms with Crippen LogP contribution in [-0.2, 0) is 28.6 Å². The van der Waals surface area contributed by atoms with E-state index in [1.165, 1.54) is 167 Å². The van der Waals surface area contributed by atoms with Crippen LogP contribution in [-0.4, -0.2) is 37.2 Å². The summed E-state index contributed by atoms with van der Waals surface area (Å²) in [6.45, 7) is 13.7. The SMILES string of the molecule is CC(C)CCCCCCCCCCCCCCCCCC(=O)OC[C@@H](COC(=O)CCCCCCCCCCC(C)C)OC(=O)CCCCCCCCCCCC(C)C. The van der Waals surface area contributed by atoms with Crippen molar-refractivity contribution in [1.82, 2.24) is 0 Å². The molecule has 350 valence electrons. The average molecular weight is 835 g/mol. The monoisotopic (exact) mass is 835 g/mol. The largest absolute Gasteiger partial charge is 0.462 e. The molecule has 0 aromatic heterocycles. The molecule has 0 rings (SSSR count). The Balaban J connectivity index is 4.27. The zero-order valence-electron chi connectivity index (χ0n) is 40.5. The van der Waals surface area contributed by atoms with Crippen molar-refractivity contribution in [2.24, 2.45) is 17.8 Å². The molecule has 1 atom stereocenters. The van der Waals surface area contributed by atoms with Crippen molar-refractivity contribution < 1.29 is 28.6 Å². The molecule has 0 aliphatic carbocycles. The Morgan fingerprint density at radius 1 is 0.288 bits per heavy atom. The lowest BCUT2D eigenvalue weighted by Crippen LogP contribution is -2.30. The number of esters is 3. The Morgan fingerprint density at radius 2 is 0.492 bits per heavy atom. The second-order valence-corrected chi connectivity index (χ2v) is 19.6. The average Bonchev–Trinajstić information content (AvgIpc) is 3.19. The first-order valence-corrected chi connectivity index (χ1v) is 26.1. The highest BCUT2D eigenvalue weighted by molar-refractivity contribution is 5.71. The molecule has 59 heavy (non-hydrogen) atoms. The second kappa shape index (κ2) is 44.5. The van der Waals surface area contributed by atoms with E-state index in [0.29, 0.717) is 19.3 Å². The van der Waals surface area contributed by atoms with Gasteiger partial charge in [-0.25, -0.2) is 0 Å². The smallest absolute Gasteiger partial charge is 0.306 e. The van der Waals surface area contributed by atoms with E-state index in [9.17, 15) is 14.4 Å². The topological polar surface area (TPSA) is 78.9 Å². The van der Waals surface area contributed by atoms with E-state index in [4.69, 9.17) is 14.2 Å². The van der Waals surface area contributed by atoms with Gasteiger partial charge in [0.2, 0.25) is 0 Å². The maximum atomic E-state index is 12.8. The normalized spacial score (nSPS) is 12.2. The fourth-order valence-corrected chi connectivity index (χ4v) is 7.94. The molecule has 0 aromatic rings. The van der Waals surface area contributed by atoms with Gasteiger partial charge in [-0.2, -0.15) is 0 Å². The fourth-order valence-electron chi connectivity index (χ4n) is 7.94. The van der Waals surface area contributed by atoms with Gasteiger partial charge >= 0.3 is 17.9 Å². The van der Waals surface area contributed by atoms with E-state index in [2.05, 4.69) is 41.5 Å². The Kier molecular flexibility index (Phi) is 43.3. The molecule has 0 aromatic carbocycles. The van der Waals surface area contributed by atoms with Gasteiger partial charge < -0.3 is 14.2 Å². The minimum absolute atomic E-state index is 0.0650. The molecule has 0 saturated carbocycles. The molecule has 0 saturated heterocycles. The fraction of sp³-hybridized carbons (Fsp3) is 0.943. The van der Waals surface area contributed by atoms with Crippen molar-refractivity contribution in [2.75, 3.05) is 13.2 Å². The van der Waals surface area contributed by atoms with Crippen LogP contribution < -0.4 is 0 Å². The second-order valence-electron chi connectivity index (χ2n) is 19.6. The molecule has 0 fully saturated rings. The van der Waals surface area contributed by atoms with Gasteiger partial charge in [0, 0.05) is 19.3 Å². The third-order valence-corrected chi connectivity index (χ3v) is 11.9. The van der Waals surface area contributed by atoms with Gasteiger partial charge in [-0.05, 0) is 37.0 Å². The van der Waals surface area contributed by atoms with Crippen LogP contribution in [0.2, 0.25) is 0 Å². The lowest BCUT2D eigenvalue weighted by Gasteiger charge is -2.18. The van der Waals surface area contributed by atoms with Crippen LogP contribution in [0.3, 0.4) is 0 Å². The van der Waals surface area contributed by atoms with Gasteiger partial charge in [-0.1, -0.05) is 247 Å². The molecule has 0 radical (unpaired) electrons. The third kappa shape index (κ3) is 47.3. The molecule has 0 aliphatic heterocycles. The van der Waals surface area contributed by atoms with Crippen molar-refractivity contribution in [3.8, 4) is 0 Å². The molecular weight excluding hydrogens is 733 g/mol. The Morgan fingerprint density at radius 3 is 0.729 bits per heavy atom. The first kappa shape index (κ1) is 57.4. The summed E-state index contributed by atoms with van der Waals surface area (Å²) >= 11 is 0. The minimum atomic E-state index is -0.763. The van der Waals surface area contributed by atoms with Crippen molar-refractivity contribution in [3.05, 3.63) is 0 Å². The number of rotatable bonds is 46. The molecule has 0 N–H and O–H groups in total. The van der Waals surface area contributed by atoms with Gasteiger partial charge in [-0.3, -0.25) is 14.4 Å². The summed E-state index contributed by atoms with van der Waals surface area (Å²) in [6, 6.07) is 0. The molecule has 0 unspecified atom stereocenters. The number of hydrogen-bond donors (Lipinski definition) is 0. The molecular formula is C53H102O6. The summed E-state index contributed by atoms with van der Waals surface area (Å²) < 4.78 is 16.8. The first-order chi connectivity index (χ1) is 28.6. The van der Waals surface area contributed by atoms with E-state index in [1.54, 1.807) is 0 Å². The van der Waals surface area contributed by atoms with Gasteiger partial charge in [-0.15, -0.1) is 0 Å². The van der Waals surface area contributed by atoms with E-state index in [1.807, 2.05) is 0 Å². The van der Waals surface area contributed by atoms with E-state index >= 15 is 0 Å². The van der Waals surface area contributed by atoms with Crippen LogP contribution in [0, 0.1) is 17.8 Å². The lowest BCUT2D eigenvalue weighted by molar-refractivity contribution is -0.167. The number of hydrogen-bond acceptors (Lipinski definition) is 6. The predicted octanol–water partition coefficient (Wildman–Crippen LogP) is 16.8. The summed E-state index contributed by atoms with van der Waals surface area (Å²) in [5.41, 5.74) is 0. The summed E-state index contributed by atoms with van der Waals surface area (Å²) in [6.07, 6.45) is 43.8. The molecule has 6 nitrogen and oxygen atoms in total. The summed E-state index contributed by atoms with van der Waals surface area (Å²) in [7, 11) is 0. The third-order valence-electron chi connectivity index (χ3n) is 11.9. The molecule has 0 spiro atoms. The van der Waals surface area contributed by atoms with Crippen LogP contribution >= 0.6 is 0 Å². The standard InChI is InChI=1S/C53H102O6/c1-47(2)39-33-27-21-15-12-10-8-7-9-11-13-17-24-30-36-42-51(54)57-45-50(46-58-52(55)43-37-31-25-20-19-23-29-35-41-49(5)6)59-53(56)44-38-32-26-18-14-16-22-28-34-40-48(3)4/h47-50H,7-46H2,1-6H3/t50-/m0/s1. The maximum Gasteiger partial charge on any atom is 0.306 e. The van der Waals surface area contributed by atoms with Crippen molar-refractivity contribution >= 4 is 17.9 Å². The van der Waals surface area contributed by atoms with Crippen molar-refractivity contribution in [3.63, 3.8) is 0 Å². The highest BCUT2D eigenvalue weighted by atomic mass is 16.6. The predicted molar refractivity (Wildman–Crippen MR) is 252 cm³/mol. The summed E-state index contributed by atoms with van der Waals surface area (Å²) in [5, 5.41) is 0. The lowest BCUT2D eigenvalue weighted by atomic mass is 10.0. The quantitative estimate of drug-likeness (QED) is 0.0345. The number of ether oxygens (including phenoxy) is 3. The highest BCUT2D eigenvalue weighted by Gasteiger charge is 2.19. The van der Waals surface area contributed by atoms with Gasteiger partial charge in [0.15, 0.2) is 6.10 Å². The Labute approximate surface area is 368 Å². The maximum absolute atomic E-state index is 12.8. The molecule has 0 amide bonds. The molecule has 0 bridgehead atoms. The van der Waals surface area contributed by atoms with Gasteiger partial charge in [0.05, 0.1) is 0 Å². The highest BCUT2D eigenvalue weighted by Crippen LogP contribution is 2.18. The Bertz CT molecular complexity index is 914. The summed E-state index contributed by atoms with van der Waals surface area (Å²) in [4.78, 5) is 37.9. The summed E-state index contributed by atoms with van der Waals surface area (Å²) in [5.74, 6) is 1.60. The Hall–Kier alpha value is -1.59. The van der Waals surface area contributed by atoms with Crippen LogP contribution in [0.25, 0.3) is 0 Å². The van der Waals surface area contributed by atoms with Crippen molar-refractivity contribution in [2.45, 2.75) is 292 Å². The zero-order valence-corrected chi connectivity index (χ0v) is 40.5. The van der Waals surface area contributed by atoms with Crippen LogP contribution in [0.1, 0.15) is 286 Å². The number of carbonyl (C=O) groups excluding carboxylic acids is 3. The minimum Gasteiger partial charge on any atom is -0.462 e.